The van der Waals surface area contributed by atoms with Gasteiger partial charge in [-0.2, -0.15) is 0 Å². The summed E-state index contributed by atoms with van der Waals surface area (Å²) in [6.45, 7) is 0.185. The molecule has 0 heterocycles. The molecule has 1 aromatic rings. The fourth-order valence-corrected chi connectivity index (χ4v) is 2.72. The summed E-state index contributed by atoms with van der Waals surface area (Å²) < 4.78 is 13.3. The number of hydrogen-bond acceptors (Lipinski definition) is 2. The lowest BCUT2D eigenvalue weighted by atomic mass is 10.0. The first-order chi connectivity index (χ1) is 10.2. The average Bonchev–Trinajstić information content (AvgIpc) is 3.35. The van der Waals surface area contributed by atoms with Gasteiger partial charge >= 0.3 is 0 Å². The largest absolute Gasteiger partial charge is 0.349 e. The fraction of sp³-hybridized carbons (Fsp3) is 0.471. The minimum absolute atomic E-state index is 0.153. The topological polar surface area (TPSA) is 55.1 Å². The fourth-order valence-electron chi connectivity index (χ4n) is 2.72. The predicted molar refractivity (Wildman–Crippen MR) is 79.0 cm³/mol. The van der Waals surface area contributed by atoms with Crippen molar-refractivity contribution >= 4 is 5.91 Å². The van der Waals surface area contributed by atoms with Gasteiger partial charge in [-0.25, -0.2) is 4.39 Å². The zero-order valence-corrected chi connectivity index (χ0v) is 11.9. The Morgan fingerprint density at radius 3 is 2.57 bits per heavy atom. The van der Waals surface area contributed by atoms with Crippen molar-refractivity contribution in [2.45, 2.75) is 31.7 Å². The maximum absolute atomic E-state index is 13.3. The molecule has 0 radical (unpaired) electrons. The smallest absolute Gasteiger partial charge is 0.252 e. The number of carbonyl (C=O) groups is 1. The van der Waals surface area contributed by atoms with Crippen LogP contribution in [0.15, 0.2) is 18.2 Å². The molecule has 0 bridgehead atoms. The van der Waals surface area contributed by atoms with Crippen LogP contribution in [0, 0.1) is 29.5 Å². The highest BCUT2D eigenvalue weighted by Gasteiger charge is 2.42. The van der Waals surface area contributed by atoms with Gasteiger partial charge < -0.3 is 11.1 Å². The minimum Gasteiger partial charge on any atom is -0.349 e. The summed E-state index contributed by atoms with van der Waals surface area (Å²) in [7, 11) is 0. The van der Waals surface area contributed by atoms with Gasteiger partial charge in [-0.05, 0) is 55.7 Å². The van der Waals surface area contributed by atoms with E-state index in [1.165, 1.54) is 43.9 Å². The molecule has 0 atom stereocenters. The van der Waals surface area contributed by atoms with Crippen LogP contribution in [0.2, 0.25) is 0 Å². The van der Waals surface area contributed by atoms with Crippen molar-refractivity contribution in [1.29, 1.82) is 0 Å². The maximum Gasteiger partial charge on any atom is 0.252 e. The summed E-state index contributed by atoms with van der Waals surface area (Å²) in [5, 5.41) is 3.13. The minimum atomic E-state index is -0.395. The van der Waals surface area contributed by atoms with E-state index in [1.807, 2.05) is 0 Å². The van der Waals surface area contributed by atoms with Crippen LogP contribution in [0.4, 0.5) is 4.39 Å². The summed E-state index contributed by atoms with van der Waals surface area (Å²) in [6.07, 6.45) is 4.80. The van der Waals surface area contributed by atoms with Crippen LogP contribution in [0.1, 0.15) is 41.6 Å². The lowest BCUT2D eigenvalue weighted by Crippen LogP contribution is -2.38. The normalized spacial score (nSPS) is 17.3. The Kier molecular flexibility index (Phi) is 3.94. The van der Waals surface area contributed by atoms with E-state index in [-0.39, 0.29) is 18.5 Å². The van der Waals surface area contributed by atoms with Gasteiger partial charge in [0.25, 0.3) is 5.91 Å². The lowest BCUT2D eigenvalue weighted by Gasteiger charge is -2.18. The first-order valence-corrected chi connectivity index (χ1v) is 7.48. The molecule has 2 aliphatic rings. The van der Waals surface area contributed by atoms with Crippen molar-refractivity contribution in [2.75, 3.05) is 6.54 Å². The van der Waals surface area contributed by atoms with Crippen LogP contribution in [-0.2, 0) is 0 Å². The van der Waals surface area contributed by atoms with Crippen molar-refractivity contribution in [3.63, 3.8) is 0 Å². The van der Waals surface area contributed by atoms with Crippen LogP contribution in [-0.4, -0.2) is 18.5 Å². The van der Waals surface area contributed by atoms with Crippen LogP contribution in [0.3, 0.4) is 0 Å². The molecule has 4 heteroatoms. The molecule has 1 amide bonds. The van der Waals surface area contributed by atoms with E-state index in [1.54, 1.807) is 0 Å². The van der Waals surface area contributed by atoms with Crippen molar-refractivity contribution in [3.8, 4) is 11.8 Å². The first-order valence-electron chi connectivity index (χ1n) is 7.48. The Balaban J connectivity index is 1.79. The summed E-state index contributed by atoms with van der Waals surface area (Å²) in [5.41, 5.74) is 6.19. The quantitative estimate of drug-likeness (QED) is 0.832. The Labute approximate surface area is 124 Å². The van der Waals surface area contributed by atoms with E-state index >= 15 is 0 Å². The van der Waals surface area contributed by atoms with Crippen LogP contribution < -0.4 is 11.1 Å². The van der Waals surface area contributed by atoms with Gasteiger partial charge in [-0.15, -0.1) is 0 Å². The standard InChI is InChI=1S/C17H19FN2O/c18-14-7-8-15(13(10-14)2-1-9-19)17(21)20-16(11-3-4-11)12-5-6-12/h7-8,10-12,16H,3-6,9,19H2,(H,20,21). The van der Waals surface area contributed by atoms with Gasteiger partial charge in [0.2, 0.25) is 0 Å². The second-order valence-corrected chi connectivity index (χ2v) is 5.87. The number of nitrogens with one attached hydrogen (secondary N) is 1. The van der Waals surface area contributed by atoms with Gasteiger partial charge in [-0.1, -0.05) is 11.8 Å². The molecular weight excluding hydrogens is 267 g/mol. The second kappa shape index (κ2) is 5.87. The predicted octanol–water partition coefficient (Wildman–Crippen LogP) is 2.05. The van der Waals surface area contributed by atoms with Gasteiger partial charge in [0.05, 0.1) is 12.1 Å². The third-order valence-corrected chi connectivity index (χ3v) is 4.11. The third-order valence-electron chi connectivity index (χ3n) is 4.11. The molecule has 0 unspecified atom stereocenters. The molecule has 3 nitrogen and oxygen atoms in total. The van der Waals surface area contributed by atoms with Crippen molar-refractivity contribution in [1.82, 2.24) is 5.32 Å². The van der Waals surface area contributed by atoms with Crippen molar-refractivity contribution < 1.29 is 9.18 Å². The summed E-state index contributed by atoms with van der Waals surface area (Å²) in [4.78, 5) is 12.5. The Bertz CT molecular complexity index is 597. The molecule has 2 fully saturated rings. The SMILES string of the molecule is NCC#Cc1cc(F)ccc1C(=O)NC(C1CC1)C1CC1. The zero-order valence-electron chi connectivity index (χ0n) is 11.9. The van der Waals surface area contributed by atoms with Crippen molar-refractivity contribution in [3.05, 3.63) is 35.1 Å². The van der Waals surface area contributed by atoms with Crippen LogP contribution in [0.25, 0.3) is 0 Å². The number of rotatable bonds is 4. The molecule has 3 N–H and O–H groups in total. The van der Waals surface area contributed by atoms with E-state index < -0.39 is 5.82 Å². The van der Waals surface area contributed by atoms with E-state index in [0.717, 1.165) is 0 Å². The molecule has 0 spiro atoms. The molecule has 0 aromatic heterocycles. The van der Waals surface area contributed by atoms with Gasteiger partial charge in [0.1, 0.15) is 5.82 Å². The summed E-state index contributed by atoms with van der Waals surface area (Å²) >= 11 is 0. The van der Waals surface area contributed by atoms with E-state index in [0.29, 0.717) is 23.0 Å². The average molecular weight is 286 g/mol. The second-order valence-electron chi connectivity index (χ2n) is 5.87. The molecule has 1 aromatic carbocycles. The molecule has 0 saturated heterocycles. The summed E-state index contributed by atoms with van der Waals surface area (Å²) in [6, 6.07) is 4.37. The highest BCUT2D eigenvalue weighted by molar-refractivity contribution is 5.97. The number of amides is 1. The number of benzene rings is 1. The van der Waals surface area contributed by atoms with Gasteiger partial charge in [0.15, 0.2) is 0 Å². The molecular formula is C17H19FN2O. The van der Waals surface area contributed by atoms with E-state index in [4.69, 9.17) is 5.73 Å². The molecule has 2 aliphatic carbocycles. The Hall–Kier alpha value is -1.86. The van der Waals surface area contributed by atoms with E-state index in [9.17, 15) is 9.18 Å². The number of nitrogens with two attached hydrogens (primary N) is 1. The highest BCUT2D eigenvalue weighted by atomic mass is 19.1. The molecule has 3 rings (SSSR count). The summed E-state index contributed by atoms with van der Waals surface area (Å²) in [5.74, 6) is 6.17. The van der Waals surface area contributed by atoms with Crippen LogP contribution >= 0.6 is 0 Å². The monoisotopic (exact) mass is 286 g/mol. The zero-order chi connectivity index (χ0) is 14.8. The Morgan fingerprint density at radius 2 is 2.00 bits per heavy atom. The molecule has 21 heavy (non-hydrogen) atoms. The van der Waals surface area contributed by atoms with Gasteiger partial charge in [0, 0.05) is 11.6 Å². The first kappa shape index (κ1) is 14.1. The number of halogens is 1. The van der Waals surface area contributed by atoms with Gasteiger partial charge in [-0.3, -0.25) is 4.79 Å². The lowest BCUT2D eigenvalue weighted by molar-refractivity contribution is 0.0926. The van der Waals surface area contributed by atoms with Crippen molar-refractivity contribution in [2.24, 2.45) is 17.6 Å². The maximum atomic E-state index is 13.3. The molecule has 0 aliphatic heterocycles. The highest BCUT2D eigenvalue weighted by Crippen LogP contribution is 2.44. The number of hydrogen-bond donors (Lipinski definition) is 2. The van der Waals surface area contributed by atoms with Crippen LogP contribution in [0.5, 0.6) is 0 Å². The molecule has 110 valence electrons. The molecule has 2 saturated carbocycles. The third kappa shape index (κ3) is 3.43. The van der Waals surface area contributed by atoms with E-state index in [2.05, 4.69) is 17.2 Å². The Morgan fingerprint density at radius 1 is 1.33 bits per heavy atom. The number of carbonyl (C=O) groups excluding carboxylic acids is 1.